The number of hydrogen-bond acceptors (Lipinski definition) is 6. The van der Waals surface area contributed by atoms with Crippen molar-refractivity contribution in [3.05, 3.63) is 35.9 Å². The maximum atomic E-state index is 12.0. The standard InChI is InChI=1S/C16H21N5O2S/c1-23-16-20-19-15(24-16)18-14(22)17-13-7-9-21(10-8-13)11-12-5-3-2-4-6-12/h2-6,13H,7-11H2,1H3,(H2,17,18,19,22). The molecule has 24 heavy (non-hydrogen) atoms. The zero-order valence-electron chi connectivity index (χ0n) is 13.6. The summed E-state index contributed by atoms with van der Waals surface area (Å²) in [5.41, 5.74) is 1.33. The number of nitrogens with one attached hydrogen (secondary N) is 2. The maximum absolute atomic E-state index is 12.0. The zero-order chi connectivity index (χ0) is 16.8. The van der Waals surface area contributed by atoms with Gasteiger partial charge in [-0.05, 0) is 29.7 Å². The predicted octanol–water partition coefficient (Wildman–Crippen LogP) is 2.33. The van der Waals surface area contributed by atoms with Crippen LogP contribution >= 0.6 is 11.3 Å². The van der Waals surface area contributed by atoms with Crippen LogP contribution in [-0.2, 0) is 6.54 Å². The van der Waals surface area contributed by atoms with Crippen LogP contribution in [0, 0.1) is 0 Å². The Morgan fingerprint density at radius 2 is 2.04 bits per heavy atom. The molecule has 2 heterocycles. The molecule has 7 nitrogen and oxygen atoms in total. The van der Waals surface area contributed by atoms with E-state index < -0.39 is 0 Å². The summed E-state index contributed by atoms with van der Waals surface area (Å²) in [4.78, 5) is 14.4. The molecule has 8 heteroatoms. The molecule has 1 fully saturated rings. The molecule has 0 bridgehead atoms. The summed E-state index contributed by atoms with van der Waals surface area (Å²) in [6.45, 7) is 2.92. The van der Waals surface area contributed by atoms with Crippen LogP contribution in [-0.4, -0.2) is 47.4 Å². The molecule has 128 valence electrons. The van der Waals surface area contributed by atoms with Crippen LogP contribution in [0.2, 0.25) is 0 Å². The first-order valence-corrected chi connectivity index (χ1v) is 8.76. The SMILES string of the molecule is COc1nnc(NC(=O)NC2CCN(Cc3ccccc3)CC2)s1. The van der Waals surface area contributed by atoms with E-state index in [4.69, 9.17) is 4.74 Å². The Hall–Kier alpha value is -2.19. The van der Waals surface area contributed by atoms with Crippen LogP contribution in [0.25, 0.3) is 0 Å². The van der Waals surface area contributed by atoms with Gasteiger partial charge in [-0.3, -0.25) is 10.2 Å². The maximum Gasteiger partial charge on any atom is 0.321 e. The minimum absolute atomic E-state index is 0.187. The highest BCUT2D eigenvalue weighted by Crippen LogP contribution is 2.21. The molecule has 0 saturated carbocycles. The molecule has 0 aliphatic carbocycles. The third-order valence-electron chi connectivity index (χ3n) is 3.97. The monoisotopic (exact) mass is 347 g/mol. The lowest BCUT2D eigenvalue weighted by molar-refractivity contribution is 0.190. The Labute approximate surface area is 145 Å². The van der Waals surface area contributed by atoms with Gasteiger partial charge in [0.25, 0.3) is 5.19 Å². The Morgan fingerprint density at radius 1 is 1.29 bits per heavy atom. The fraction of sp³-hybridized carbons (Fsp3) is 0.438. The molecule has 0 radical (unpaired) electrons. The van der Waals surface area contributed by atoms with Crippen LogP contribution in [0.15, 0.2) is 30.3 Å². The first-order valence-electron chi connectivity index (χ1n) is 7.94. The van der Waals surface area contributed by atoms with Crippen LogP contribution in [0.1, 0.15) is 18.4 Å². The number of amides is 2. The largest absolute Gasteiger partial charge is 0.472 e. The van der Waals surface area contributed by atoms with E-state index in [0.29, 0.717) is 10.3 Å². The van der Waals surface area contributed by atoms with E-state index in [9.17, 15) is 4.79 Å². The molecule has 1 saturated heterocycles. The van der Waals surface area contributed by atoms with Crippen molar-refractivity contribution in [1.82, 2.24) is 20.4 Å². The summed E-state index contributed by atoms with van der Waals surface area (Å²) in [6, 6.07) is 10.4. The number of benzene rings is 1. The van der Waals surface area contributed by atoms with Crippen molar-refractivity contribution < 1.29 is 9.53 Å². The Morgan fingerprint density at radius 3 is 2.71 bits per heavy atom. The summed E-state index contributed by atoms with van der Waals surface area (Å²) >= 11 is 1.20. The molecular weight excluding hydrogens is 326 g/mol. The van der Waals surface area contributed by atoms with Crippen molar-refractivity contribution in [2.75, 3.05) is 25.5 Å². The fourth-order valence-corrected chi connectivity index (χ4v) is 3.29. The number of aromatic nitrogens is 2. The van der Waals surface area contributed by atoms with E-state index in [0.717, 1.165) is 32.5 Å². The minimum atomic E-state index is -0.240. The number of carbonyl (C=O) groups excluding carboxylic acids is 1. The lowest BCUT2D eigenvalue weighted by Crippen LogP contribution is -2.45. The van der Waals surface area contributed by atoms with Crippen molar-refractivity contribution in [2.45, 2.75) is 25.4 Å². The molecule has 2 N–H and O–H groups in total. The lowest BCUT2D eigenvalue weighted by Gasteiger charge is -2.32. The van der Waals surface area contributed by atoms with Crippen molar-refractivity contribution in [2.24, 2.45) is 0 Å². The zero-order valence-corrected chi connectivity index (χ0v) is 14.4. The first kappa shape index (κ1) is 16.7. The summed E-state index contributed by atoms with van der Waals surface area (Å²) in [6.07, 6.45) is 1.89. The number of rotatable bonds is 5. The van der Waals surface area contributed by atoms with Crippen LogP contribution in [0.3, 0.4) is 0 Å². The van der Waals surface area contributed by atoms with Crippen molar-refractivity contribution >= 4 is 22.5 Å². The number of piperidine rings is 1. The van der Waals surface area contributed by atoms with Gasteiger partial charge in [0.1, 0.15) is 0 Å². The topological polar surface area (TPSA) is 79.4 Å². The average molecular weight is 347 g/mol. The van der Waals surface area contributed by atoms with Gasteiger partial charge in [-0.15, -0.1) is 5.10 Å². The van der Waals surface area contributed by atoms with Gasteiger partial charge >= 0.3 is 6.03 Å². The van der Waals surface area contributed by atoms with Crippen LogP contribution in [0.4, 0.5) is 9.93 Å². The summed E-state index contributed by atoms with van der Waals surface area (Å²) < 4.78 is 4.95. The number of nitrogens with zero attached hydrogens (tertiary/aromatic N) is 3. The molecule has 1 aromatic heterocycles. The van der Waals surface area contributed by atoms with E-state index >= 15 is 0 Å². The number of ether oxygens (including phenoxy) is 1. The van der Waals surface area contributed by atoms with E-state index in [1.165, 1.54) is 24.0 Å². The van der Waals surface area contributed by atoms with Crippen LogP contribution < -0.4 is 15.4 Å². The third kappa shape index (κ3) is 4.65. The number of carbonyl (C=O) groups is 1. The molecule has 1 aromatic carbocycles. The minimum Gasteiger partial charge on any atom is -0.472 e. The highest BCUT2D eigenvalue weighted by molar-refractivity contribution is 7.17. The van der Waals surface area contributed by atoms with Crippen LogP contribution in [0.5, 0.6) is 5.19 Å². The van der Waals surface area contributed by atoms with E-state index in [2.05, 4.69) is 50.0 Å². The molecule has 2 amide bonds. The highest BCUT2D eigenvalue weighted by Gasteiger charge is 2.21. The second-order valence-corrected chi connectivity index (χ2v) is 6.65. The second kappa shape index (κ2) is 8.07. The third-order valence-corrected chi connectivity index (χ3v) is 4.77. The summed E-state index contributed by atoms with van der Waals surface area (Å²) in [5.74, 6) is 0. The van der Waals surface area contributed by atoms with E-state index in [1.807, 2.05) is 6.07 Å². The average Bonchev–Trinajstić information content (AvgIpc) is 3.05. The van der Waals surface area contributed by atoms with Gasteiger partial charge < -0.3 is 10.1 Å². The highest BCUT2D eigenvalue weighted by atomic mass is 32.1. The molecule has 2 aromatic rings. The van der Waals surface area contributed by atoms with Gasteiger partial charge in [0.2, 0.25) is 5.13 Å². The van der Waals surface area contributed by atoms with Gasteiger partial charge in [-0.2, -0.15) is 0 Å². The van der Waals surface area contributed by atoms with Crippen molar-refractivity contribution in [1.29, 1.82) is 0 Å². The predicted molar refractivity (Wildman–Crippen MR) is 93.4 cm³/mol. The number of urea groups is 1. The molecule has 3 rings (SSSR count). The molecule has 1 aliphatic heterocycles. The van der Waals surface area contributed by atoms with Crippen molar-refractivity contribution in [3.8, 4) is 5.19 Å². The smallest absolute Gasteiger partial charge is 0.321 e. The lowest BCUT2D eigenvalue weighted by atomic mass is 10.0. The van der Waals surface area contributed by atoms with E-state index in [-0.39, 0.29) is 12.1 Å². The quantitative estimate of drug-likeness (QED) is 0.868. The van der Waals surface area contributed by atoms with E-state index in [1.54, 1.807) is 0 Å². The van der Waals surface area contributed by atoms with Gasteiger partial charge in [0.05, 0.1) is 7.11 Å². The number of likely N-dealkylation sites (tertiary alicyclic amines) is 1. The Bertz CT molecular complexity index is 655. The Balaban J connectivity index is 1.41. The van der Waals surface area contributed by atoms with Gasteiger partial charge in [-0.25, -0.2) is 4.79 Å². The molecule has 1 aliphatic rings. The molecular formula is C16H21N5O2S. The summed E-state index contributed by atoms with van der Waals surface area (Å²) in [7, 11) is 1.52. The fourth-order valence-electron chi connectivity index (χ4n) is 2.74. The first-order chi connectivity index (χ1) is 11.7. The second-order valence-electron chi connectivity index (χ2n) is 5.71. The van der Waals surface area contributed by atoms with Gasteiger partial charge in [0, 0.05) is 25.7 Å². The van der Waals surface area contributed by atoms with Gasteiger partial charge in [-0.1, -0.05) is 35.4 Å². The molecule has 0 atom stereocenters. The number of hydrogen-bond donors (Lipinski definition) is 2. The van der Waals surface area contributed by atoms with Gasteiger partial charge in [0.15, 0.2) is 0 Å². The number of anilines is 1. The van der Waals surface area contributed by atoms with Crippen molar-refractivity contribution in [3.63, 3.8) is 0 Å². The molecule has 0 unspecified atom stereocenters. The number of methoxy groups -OCH3 is 1. The Kier molecular flexibility index (Phi) is 5.60. The summed E-state index contributed by atoms with van der Waals surface area (Å²) in [5, 5.41) is 14.2. The molecule has 0 spiro atoms. The normalized spacial score (nSPS) is 15.9.